The summed E-state index contributed by atoms with van der Waals surface area (Å²) in [7, 11) is 0. The lowest BCUT2D eigenvalue weighted by atomic mass is 10.1. The third-order valence-corrected chi connectivity index (χ3v) is 4.98. The van der Waals surface area contributed by atoms with Crippen molar-refractivity contribution < 1.29 is 9.53 Å². The summed E-state index contributed by atoms with van der Waals surface area (Å²) in [5.74, 6) is 0.704. The molecule has 2 aromatic rings. The zero-order valence-corrected chi connectivity index (χ0v) is 18.3. The van der Waals surface area contributed by atoms with Crippen molar-refractivity contribution in [3.63, 3.8) is 0 Å². The molecular formula is C19H21BrClN5O2. The molecule has 0 spiro atoms. The molecule has 1 amide bonds. The Morgan fingerprint density at radius 3 is 2.82 bits per heavy atom. The van der Waals surface area contributed by atoms with Gasteiger partial charge in [-0.3, -0.25) is 4.90 Å². The van der Waals surface area contributed by atoms with Crippen LogP contribution >= 0.6 is 27.5 Å². The van der Waals surface area contributed by atoms with E-state index < -0.39 is 11.7 Å². The fourth-order valence-electron chi connectivity index (χ4n) is 3.17. The van der Waals surface area contributed by atoms with E-state index in [4.69, 9.17) is 22.9 Å². The van der Waals surface area contributed by atoms with Gasteiger partial charge in [-0.2, -0.15) is 4.98 Å². The molecule has 148 valence electrons. The summed E-state index contributed by atoms with van der Waals surface area (Å²) in [6.45, 7) is 14.4. The van der Waals surface area contributed by atoms with Crippen LogP contribution in [0.3, 0.4) is 0 Å². The van der Waals surface area contributed by atoms with Crippen molar-refractivity contribution >= 4 is 50.3 Å². The van der Waals surface area contributed by atoms with E-state index in [1.165, 1.54) is 0 Å². The first-order valence-corrected chi connectivity index (χ1v) is 10.1. The van der Waals surface area contributed by atoms with Gasteiger partial charge in [0.25, 0.3) is 0 Å². The van der Waals surface area contributed by atoms with E-state index in [0.717, 1.165) is 15.4 Å². The third kappa shape index (κ3) is 4.65. The summed E-state index contributed by atoms with van der Waals surface area (Å²) in [6.07, 6.45) is -0.394. The van der Waals surface area contributed by atoms with Crippen LogP contribution in [-0.2, 0) is 4.74 Å². The van der Waals surface area contributed by atoms with Gasteiger partial charge in [0.15, 0.2) is 0 Å². The molecular weight excluding hydrogens is 446 g/mol. The van der Waals surface area contributed by atoms with Crippen molar-refractivity contribution in [1.82, 2.24) is 14.9 Å². The second-order valence-corrected chi connectivity index (χ2v) is 8.85. The number of ether oxygens (including phenoxy) is 1. The van der Waals surface area contributed by atoms with E-state index in [1.807, 2.05) is 39.0 Å². The number of amides is 1. The normalized spacial score (nSPS) is 17.5. The number of carbonyl (C=O) groups is 1. The van der Waals surface area contributed by atoms with Crippen LogP contribution in [0, 0.1) is 6.57 Å². The van der Waals surface area contributed by atoms with Crippen LogP contribution in [0.15, 0.2) is 22.7 Å². The lowest BCUT2D eigenvalue weighted by Gasteiger charge is -2.40. The molecule has 28 heavy (non-hydrogen) atoms. The Labute approximate surface area is 177 Å². The molecule has 0 saturated carbocycles. The van der Waals surface area contributed by atoms with Gasteiger partial charge in [0, 0.05) is 29.5 Å². The Bertz CT molecular complexity index is 940. The van der Waals surface area contributed by atoms with Gasteiger partial charge >= 0.3 is 6.09 Å². The molecule has 1 atom stereocenters. The molecule has 3 rings (SSSR count). The highest BCUT2D eigenvalue weighted by atomic mass is 79.9. The van der Waals surface area contributed by atoms with Crippen molar-refractivity contribution in [2.45, 2.75) is 32.4 Å². The van der Waals surface area contributed by atoms with Crippen LogP contribution in [0.4, 0.5) is 10.6 Å². The fourth-order valence-corrected chi connectivity index (χ4v) is 3.70. The maximum absolute atomic E-state index is 12.6. The summed E-state index contributed by atoms with van der Waals surface area (Å²) >= 11 is 9.62. The van der Waals surface area contributed by atoms with Crippen LogP contribution in [0.1, 0.15) is 20.8 Å². The van der Waals surface area contributed by atoms with Crippen molar-refractivity contribution in [2.75, 3.05) is 31.1 Å². The summed E-state index contributed by atoms with van der Waals surface area (Å²) in [5.41, 5.74) is 0.161. The number of rotatable bonds is 2. The Morgan fingerprint density at radius 1 is 1.39 bits per heavy atom. The molecule has 0 bridgehead atoms. The van der Waals surface area contributed by atoms with Gasteiger partial charge in [-0.25, -0.2) is 16.4 Å². The van der Waals surface area contributed by atoms with Gasteiger partial charge in [-0.1, -0.05) is 15.9 Å². The first-order chi connectivity index (χ1) is 13.2. The van der Waals surface area contributed by atoms with Crippen LogP contribution in [0.5, 0.6) is 0 Å². The van der Waals surface area contributed by atoms with E-state index in [1.54, 1.807) is 4.90 Å². The number of aromatic nitrogens is 2. The Hall–Kier alpha value is -2.11. The molecule has 1 aliphatic rings. The third-order valence-electron chi connectivity index (χ3n) is 4.32. The Balaban J connectivity index is 1.90. The zero-order valence-electron chi connectivity index (χ0n) is 15.9. The van der Waals surface area contributed by atoms with Crippen molar-refractivity contribution in [1.29, 1.82) is 0 Å². The minimum atomic E-state index is -0.584. The number of hydrogen-bond donors (Lipinski definition) is 0. The summed E-state index contributed by atoms with van der Waals surface area (Å²) in [6, 6.07) is 5.43. The second kappa shape index (κ2) is 8.10. The van der Waals surface area contributed by atoms with E-state index in [0.29, 0.717) is 25.5 Å². The van der Waals surface area contributed by atoms with Crippen molar-refractivity contribution in [3.8, 4) is 0 Å². The minimum absolute atomic E-state index is 0.168. The number of carbonyl (C=O) groups excluding carboxylic acids is 1. The fraction of sp³-hybridized carbons (Fsp3) is 0.474. The summed E-state index contributed by atoms with van der Waals surface area (Å²) < 4.78 is 6.43. The molecule has 0 aliphatic carbocycles. The number of benzene rings is 1. The second-order valence-electron chi connectivity index (χ2n) is 7.59. The van der Waals surface area contributed by atoms with Gasteiger partial charge in [0.1, 0.15) is 17.5 Å². The maximum atomic E-state index is 12.6. The smallest absolute Gasteiger partial charge is 0.410 e. The van der Waals surface area contributed by atoms with Gasteiger partial charge < -0.3 is 14.5 Å². The molecule has 1 fully saturated rings. The molecule has 0 unspecified atom stereocenters. The van der Waals surface area contributed by atoms with Crippen molar-refractivity contribution in [2.24, 2.45) is 0 Å². The molecule has 7 nitrogen and oxygen atoms in total. The number of anilines is 1. The lowest BCUT2D eigenvalue weighted by Crippen LogP contribution is -2.57. The highest BCUT2D eigenvalue weighted by Gasteiger charge is 2.36. The van der Waals surface area contributed by atoms with Crippen LogP contribution in [0.2, 0.25) is 5.28 Å². The van der Waals surface area contributed by atoms with E-state index >= 15 is 0 Å². The lowest BCUT2D eigenvalue weighted by molar-refractivity contribution is 0.0156. The van der Waals surface area contributed by atoms with E-state index in [-0.39, 0.29) is 17.9 Å². The van der Waals surface area contributed by atoms with E-state index in [2.05, 4.69) is 35.6 Å². The molecule has 2 heterocycles. The highest BCUT2D eigenvalue weighted by Crippen LogP contribution is 2.30. The first kappa shape index (κ1) is 20.6. The maximum Gasteiger partial charge on any atom is 0.410 e. The topological polar surface area (TPSA) is 62.9 Å². The predicted molar refractivity (Wildman–Crippen MR) is 113 cm³/mol. The number of halogens is 2. The Kier molecular flexibility index (Phi) is 5.96. The van der Waals surface area contributed by atoms with Gasteiger partial charge in [-0.15, -0.1) is 0 Å². The van der Waals surface area contributed by atoms with Crippen LogP contribution < -0.4 is 4.90 Å². The molecule has 0 radical (unpaired) electrons. The molecule has 1 aromatic heterocycles. The first-order valence-electron chi connectivity index (χ1n) is 8.88. The average molecular weight is 467 g/mol. The highest BCUT2D eigenvalue weighted by molar-refractivity contribution is 9.10. The van der Waals surface area contributed by atoms with Gasteiger partial charge in [0.05, 0.1) is 5.52 Å². The summed E-state index contributed by atoms with van der Waals surface area (Å²) in [5, 5.41) is 1.03. The van der Waals surface area contributed by atoms with Crippen molar-refractivity contribution in [3.05, 3.63) is 39.4 Å². The average Bonchev–Trinajstić information content (AvgIpc) is 2.60. The molecule has 1 saturated heterocycles. The standard InChI is InChI=1S/C19H21BrClN5O2/c1-19(2,3)28-18(27)26-8-7-25(11-13(26)10-22-4)16-14-9-12(20)5-6-15(14)23-17(21)24-16/h5-6,9,13H,7-8,10-11H2,1-3H3/t13-/m0/s1. The van der Waals surface area contributed by atoms with Gasteiger partial charge in [-0.05, 0) is 50.6 Å². The number of hydrogen-bond acceptors (Lipinski definition) is 5. The molecule has 1 aromatic carbocycles. The molecule has 1 aliphatic heterocycles. The number of piperazine rings is 1. The number of fused-ring (bicyclic) bond motifs is 1. The summed E-state index contributed by atoms with van der Waals surface area (Å²) in [4.78, 5) is 28.5. The monoisotopic (exact) mass is 465 g/mol. The SMILES string of the molecule is [C-]#[N+]C[C@H]1CN(c2nc(Cl)nc3ccc(Br)cc23)CCN1C(=O)OC(C)(C)C. The largest absolute Gasteiger partial charge is 0.444 e. The number of nitrogens with zero attached hydrogens (tertiary/aromatic N) is 5. The minimum Gasteiger partial charge on any atom is -0.444 e. The van der Waals surface area contributed by atoms with Crippen LogP contribution in [0.25, 0.3) is 15.7 Å². The molecule has 0 N–H and O–H groups in total. The zero-order chi connectivity index (χ0) is 20.5. The Morgan fingerprint density at radius 2 is 2.14 bits per heavy atom. The van der Waals surface area contributed by atoms with Gasteiger partial charge in [0.2, 0.25) is 11.8 Å². The van der Waals surface area contributed by atoms with E-state index in [9.17, 15) is 4.79 Å². The quantitative estimate of drug-likeness (QED) is 0.485. The molecule has 9 heteroatoms. The predicted octanol–water partition coefficient (Wildman–Crippen LogP) is 4.39. The van der Waals surface area contributed by atoms with Crippen LogP contribution in [-0.4, -0.2) is 58.8 Å².